The van der Waals surface area contributed by atoms with Gasteiger partial charge < -0.3 is 20.1 Å². The number of hydrogen-bond donors (Lipinski definition) is 2. The van der Waals surface area contributed by atoms with E-state index < -0.39 is 14.4 Å². The van der Waals surface area contributed by atoms with Gasteiger partial charge in [-0.1, -0.05) is 35.9 Å². The molecule has 3 atom stereocenters. The fourth-order valence-electron chi connectivity index (χ4n) is 2.43. The first-order valence-electron chi connectivity index (χ1n) is 8.10. The van der Waals surface area contributed by atoms with Gasteiger partial charge >= 0.3 is 8.25 Å². The van der Waals surface area contributed by atoms with Crippen molar-refractivity contribution in [1.82, 2.24) is 5.32 Å². The largest absolute Gasteiger partial charge is 0.566 e. The quantitative estimate of drug-likeness (QED) is 0.473. The Morgan fingerprint density at radius 3 is 2.65 bits per heavy atom. The lowest BCUT2D eigenvalue weighted by atomic mass is 10.1. The second-order valence-corrected chi connectivity index (χ2v) is 6.98. The summed E-state index contributed by atoms with van der Waals surface area (Å²) in [5.74, 6) is 0.530. The predicted molar refractivity (Wildman–Crippen MR) is 98.2 cm³/mol. The molecule has 140 valence electrons. The van der Waals surface area contributed by atoms with E-state index in [4.69, 9.17) is 16.3 Å². The van der Waals surface area contributed by atoms with Crippen molar-refractivity contribution < 1.29 is 23.8 Å². The molecule has 0 heterocycles. The van der Waals surface area contributed by atoms with Gasteiger partial charge in [0.1, 0.15) is 5.75 Å². The van der Waals surface area contributed by atoms with E-state index in [-0.39, 0.29) is 12.8 Å². The number of halogens is 1. The maximum absolute atomic E-state index is 10.3. The van der Waals surface area contributed by atoms with Gasteiger partial charge in [0.05, 0.1) is 6.10 Å². The number of aliphatic hydroxyl groups is 1. The molecule has 2 aromatic rings. The van der Waals surface area contributed by atoms with Gasteiger partial charge in [0.15, 0.2) is 0 Å². The Balaban J connectivity index is 1.76. The molecule has 0 aliphatic carbocycles. The molecule has 2 N–H and O–H groups in total. The van der Waals surface area contributed by atoms with E-state index in [1.54, 1.807) is 24.3 Å². The van der Waals surface area contributed by atoms with Crippen LogP contribution in [0.1, 0.15) is 24.2 Å². The third-order valence-electron chi connectivity index (χ3n) is 3.74. The first-order valence-corrected chi connectivity index (χ1v) is 9.57. The van der Waals surface area contributed by atoms with Crippen molar-refractivity contribution in [3.63, 3.8) is 0 Å². The highest BCUT2D eigenvalue weighted by molar-refractivity contribution is 7.30. The van der Waals surface area contributed by atoms with Crippen LogP contribution in [0.15, 0.2) is 48.5 Å². The zero-order valence-corrected chi connectivity index (χ0v) is 16.0. The predicted octanol–water partition coefficient (Wildman–Crippen LogP) is 2.96. The van der Waals surface area contributed by atoms with E-state index in [0.29, 0.717) is 17.3 Å². The molecular weight excluding hydrogens is 377 g/mol. The van der Waals surface area contributed by atoms with Crippen molar-refractivity contribution in [3.8, 4) is 5.75 Å². The van der Waals surface area contributed by atoms with Gasteiger partial charge in [0.25, 0.3) is 0 Å². The Hall–Kier alpha value is -1.53. The Morgan fingerprint density at radius 2 is 2.00 bits per heavy atom. The molecule has 0 saturated carbocycles. The van der Waals surface area contributed by atoms with Crippen LogP contribution in [0.3, 0.4) is 0 Å². The zero-order valence-electron chi connectivity index (χ0n) is 14.3. The third-order valence-corrected chi connectivity index (χ3v) is 4.29. The average molecular weight is 398 g/mol. The topological polar surface area (TPSA) is 90.9 Å². The van der Waals surface area contributed by atoms with Crippen molar-refractivity contribution in [2.24, 2.45) is 0 Å². The molecule has 0 saturated heterocycles. The molecule has 3 unspecified atom stereocenters. The monoisotopic (exact) mass is 397 g/mol. The third kappa shape index (κ3) is 7.38. The molecule has 0 bridgehead atoms. The molecular formula is C18H21ClNO5P. The number of nitrogens with one attached hydrogen (secondary N) is 1. The highest BCUT2D eigenvalue weighted by Crippen LogP contribution is 2.18. The van der Waals surface area contributed by atoms with Crippen LogP contribution in [0.2, 0.25) is 5.02 Å². The van der Waals surface area contributed by atoms with E-state index in [1.807, 2.05) is 31.2 Å². The first kappa shape index (κ1) is 20.8. The summed E-state index contributed by atoms with van der Waals surface area (Å²) < 4.78 is 19.8. The summed E-state index contributed by atoms with van der Waals surface area (Å²) in [4.78, 5) is 10.3. The molecule has 0 radical (unpaired) electrons. The van der Waals surface area contributed by atoms with Crippen LogP contribution in [-0.4, -0.2) is 24.5 Å². The van der Waals surface area contributed by atoms with Crippen molar-refractivity contribution in [1.29, 1.82) is 0 Å². The van der Waals surface area contributed by atoms with Crippen LogP contribution in [0.4, 0.5) is 0 Å². The lowest BCUT2D eigenvalue weighted by Crippen LogP contribution is -2.32. The van der Waals surface area contributed by atoms with Crippen LogP contribution in [0, 0.1) is 0 Å². The molecule has 8 heteroatoms. The van der Waals surface area contributed by atoms with Gasteiger partial charge in [-0.05, 0) is 53.3 Å². The van der Waals surface area contributed by atoms with Crippen LogP contribution in [-0.2, 0) is 15.5 Å². The molecule has 2 aromatic carbocycles. The van der Waals surface area contributed by atoms with Crippen molar-refractivity contribution in [2.75, 3.05) is 13.3 Å². The minimum Gasteiger partial charge on any atom is -0.566 e. The van der Waals surface area contributed by atoms with E-state index in [1.165, 1.54) is 0 Å². The fourth-order valence-corrected chi connectivity index (χ4v) is 2.77. The molecule has 6 nitrogen and oxygen atoms in total. The van der Waals surface area contributed by atoms with Crippen LogP contribution in [0.5, 0.6) is 5.75 Å². The lowest BCUT2D eigenvalue weighted by molar-refractivity contribution is -0.189. The lowest BCUT2D eigenvalue weighted by Gasteiger charge is -2.18. The SMILES string of the molecule is CC(Cc1ccc(OCO[P+](=O)[O-])cc1)NCC(O)c1cccc(Cl)c1. The molecule has 0 aliphatic rings. The van der Waals surface area contributed by atoms with Gasteiger partial charge in [-0.15, -0.1) is 4.52 Å². The summed E-state index contributed by atoms with van der Waals surface area (Å²) in [5.41, 5.74) is 1.87. The minimum absolute atomic E-state index is 0.156. The molecule has 0 amide bonds. The number of rotatable bonds is 10. The maximum atomic E-state index is 10.3. The second-order valence-electron chi connectivity index (χ2n) is 5.84. The smallest absolute Gasteiger partial charge is 0.492 e. The van der Waals surface area contributed by atoms with Gasteiger partial charge in [-0.2, -0.15) is 0 Å². The Morgan fingerprint density at radius 1 is 1.27 bits per heavy atom. The van der Waals surface area contributed by atoms with Crippen LogP contribution >= 0.6 is 19.9 Å². The highest BCUT2D eigenvalue weighted by Gasteiger charge is 2.10. The minimum atomic E-state index is -2.90. The number of ether oxygens (including phenoxy) is 1. The molecule has 0 aromatic heterocycles. The zero-order chi connectivity index (χ0) is 18.9. The van der Waals surface area contributed by atoms with E-state index in [9.17, 15) is 14.6 Å². The molecule has 26 heavy (non-hydrogen) atoms. The molecule has 0 aliphatic heterocycles. The van der Waals surface area contributed by atoms with E-state index >= 15 is 0 Å². The van der Waals surface area contributed by atoms with Crippen LogP contribution in [0.25, 0.3) is 0 Å². The molecule has 0 fully saturated rings. The number of benzene rings is 2. The first-order chi connectivity index (χ1) is 12.4. The average Bonchev–Trinajstić information content (AvgIpc) is 2.61. The normalized spacial score (nSPS) is 13.9. The molecule has 0 spiro atoms. The van der Waals surface area contributed by atoms with Crippen LogP contribution < -0.4 is 14.9 Å². The number of aliphatic hydroxyl groups excluding tert-OH is 1. The van der Waals surface area contributed by atoms with Gasteiger partial charge in [0, 0.05) is 17.6 Å². The van der Waals surface area contributed by atoms with Crippen molar-refractivity contribution in [2.45, 2.75) is 25.5 Å². The Kier molecular flexibility index (Phi) is 8.45. The summed E-state index contributed by atoms with van der Waals surface area (Å²) in [6, 6.07) is 14.6. The van der Waals surface area contributed by atoms with Gasteiger partial charge in [0.2, 0.25) is 6.79 Å². The van der Waals surface area contributed by atoms with E-state index in [0.717, 1.165) is 17.5 Å². The highest BCUT2D eigenvalue weighted by atomic mass is 35.5. The summed E-state index contributed by atoms with van der Waals surface area (Å²) in [5, 5.41) is 14.1. The summed E-state index contributed by atoms with van der Waals surface area (Å²) in [7, 11) is -2.90. The Bertz CT molecular complexity index is 713. The van der Waals surface area contributed by atoms with Crippen molar-refractivity contribution >= 4 is 19.9 Å². The second kappa shape index (κ2) is 10.6. The van der Waals surface area contributed by atoms with Crippen molar-refractivity contribution in [3.05, 3.63) is 64.7 Å². The van der Waals surface area contributed by atoms with E-state index in [2.05, 4.69) is 9.84 Å². The van der Waals surface area contributed by atoms with Gasteiger partial charge in [-0.3, -0.25) is 0 Å². The van der Waals surface area contributed by atoms with Gasteiger partial charge in [-0.25, -0.2) is 0 Å². The summed E-state index contributed by atoms with van der Waals surface area (Å²) in [6.45, 7) is 2.12. The maximum Gasteiger partial charge on any atom is 0.492 e. The molecule has 2 rings (SSSR count). The standard InChI is InChI=1S/C18H21ClNO5P/c1-13(20-11-18(21)15-3-2-4-16(19)10-15)9-14-5-7-17(8-6-14)24-12-25-26(22)23/h2-8,10,13,18,20-21H,9,11-12H2,1H3. The number of hydrogen-bond acceptors (Lipinski definition) is 6. The summed E-state index contributed by atoms with van der Waals surface area (Å²) in [6.07, 6.45) is 0.144. The summed E-state index contributed by atoms with van der Waals surface area (Å²) >= 11 is 5.94. The fraction of sp³-hybridized carbons (Fsp3) is 0.333. The Labute approximate surface area is 158 Å².